The molecule has 0 spiro atoms. The van der Waals surface area contributed by atoms with Gasteiger partial charge in [0.25, 0.3) is 0 Å². The molecule has 0 saturated heterocycles. The molecule has 6 heteroatoms. The van der Waals surface area contributed by atoms with Crippen molar-refractivity contribution in [3.8, 4) is 0 Å². The molecule has 0 amide bonds. The summed E-state index contributed by atoms with van der Waals surface area (Å²) < 4.78 is 14.8. The second kappa shape index (κ2) is 6.66. The van der Waals surface area contributed by atoms with Gasteiger partial charge in [-0.2, -0.15) is 5.10 Å². The lowest BCUT2D eigenvalue weighted by Crippen LogP contribution is -2.19. The minimum atomic E-state index is -0.881. The lowest BCUT2D eigenvalue weighted by atomic mass is 10.2. The van der Waals surface area contributed by atoms with Crippen molar-refractivity contribution < 1.29 is 4.21 Å². The van der Waals surface area contributed by atoms with Crippen LogP contribution >= 0.6 is 15.9 Å². The van der Waals surface area contributed by atoms with Gasteiger partial charge in [-0.3, -0.25) is 8.89 Å². The minimum Gasteiger partial charge on any atom is -0.330 e. The van der Waals surface area contributed by atoms with Gasteiger partial charge in [-0.05, 0) is 34.8 Å². The zero-order valence-corrected chi connectivity index (χ0v) is 13.0. The Kier molecular flexibility index (Phi) is 5.82. The second-order valence-electron chi connectivity index (χ2n) is 4.28. The molecule has 0 aliphatic carbocycles. The van der Waals surface area contributed by atoms with Gasteiger partial charge in [-0.15, -0.1) is 0 Å². The van der Waals surface area contributed by atoms with Crippen LogP contribution in [0.2, 0.25) is 0 Å². The van der Waals surface area contributed by atoms with Gasteiger partial charge >= 0.3 is 0 Å². The van der Waals surface area contributed by atoms with Gasteiger partial charge in [-0.1, -0.05) is 13.8 Å². The summed E-state index contributed by atoms with van der Waals surface area (Å²) in [4.78, 5) is 0. The van der Waals surface area contributed by atoms with E-state index in [2.05, 4.69) is 28.0 Å². The van der Waals surface area contributed by atoms with Crippen LogP contribution in [-0.2, 0) is 30.0 Å². The quantitative estimate of drug-likeness (QED) is 0.865. The first-order valence-electron chi connectivity index (χ1n) is 5.74. The first-order chi connectivity index (χ1) is 7.99. The highest BCUT2D eigenvalue weighted by molar-refractivity contribution is 9.10. The van der Waals surface area contributed by atoms with E-state index >= 15 is 0 Å². The van der Waals surface area contributed by atoms with E-state index in [4.69, 9.17) is 5.73 Å². The summed E-state index contributed by atoms with van der Waals surface area (Å²) in [6, 6.07) is 0. The minimum absolute atomic E-state index is 0.300. The Hall–Kier alpha value is -0.200. The van der Waals surface area contributed by atoms with Gasteiger partial charge < -0.3 is 5.73 Å². The second-order valence-corrected chi connectivity index (χ2v) is 6.57. The Morgan fingerprint density at radius 2 is 2.24 bits per heavy atom. The van der Waals surface area contributed by atoms with Gasteiger partial charge in [0.05, 0.1) is 21.6 Å². The number of hydrogen-bond donors (Lipinski definition) is 1. The van der Waals surface area contributed by atoms with Crippen molar-refractivity contribution in [3.05, 3.63) is 15.9 Å². The maximum atomic E-state index is 12.0. The molecule has 1 rings (SSSR count). The van der Waals surface area contributed by atoms with Crippen molar-refractivity contribution in [1.29, 1.82) is 0 Å². The fourth-order valence-electron chi connectivity index (χ4n) is 1.57. The Morgan fingerprint density at radius 1 is 1.59 bits per heavy atom. The summed E-state index contributed by atoms with van der Waals surface area (Å²) in [6.45, 7) is 4.66. The maximum Gasteiger partial charge on any atom is 0.0767 e. The average Bonchev–Trinajstić information content (AvgIpc) is 2.56. The van der Waals surface area contributed by atoms with Gasteiger partial charge in [0.2, 0.25) is 0 Å². The number of nitrogens with two attached hydrogens (primary N) is 1. The van der Waals surface area contributed by atoms with Crippen LogP contribution in [0.1, 0.15) is 25.2 Å². The SMILES string of the molecule is CCc1nn(C)c(CS(=O)CC(C)CN)c1Br. The largest absolute Gasteiger partial charge is 0.330 e. The monoisotopic (exact) mass is 321 g/mol. The highest BCUT2D eigenvalue weighted by atomic mass is 79.9. The molecule has 0 aromatic carbocycles. The van der Waals surface area contributed by atoms with Crippen molar-refractivity contribution in [2.75, 3.05) is 12.3 Å². The summed E-state index contributed by atoms with van der Waals surface area (Å²) in [7, 11) is 1.01. The fraction of sp³-hybridized carbons (Fsp3) is 0.727. The Balaban J connectivity index is 2.74. The molecule has 1 heterocycles. The van der Waals surface area contributed by atoms with Gasteiger partial charge in [0.1, 0.15) is 0 Å². The Morgan fingerprint density at radius 3 is 2.71 bits per heavy atom. The molecule has 4 nitrogen and oxygen atoms in total. The summed E-state index contributed by atoms with van der Waals surface area (Å²) in [6.07, 6.45) is 0.875. The first kappa shape index (κ1) is 14.9. The highest BCUT2D eigenvalue weighted by Gasteiger charge is 2.16. The molecule has 17 heavy (non-hydrogen) atoms. The van der Waals surface area contributed by atoms with E-state index in [1.165, 1.54) is 0 Å². The highest BCUT2D eigenvalue weighted by Crippen LogP contribution is 2.23. The van der Waals surface area contributed by atoms with E-state index in [-0.39, 0.29) is 0 Å². The summed E-state index contributed by atoms with van der Waals surface area (Å²) >= 11 is 3.53. The van der Waals surface area contributed by atoms with Crippen LogP contribution < -0.4 is 5.73 Å². The van der Waals surface area contributed by atoms with Crippen LogP contribution in [0.15, 0.2) is 4.47 Å². The summed E-state index contributed by atoms with van der Waals surface area (Å²) in [5.41, 5.74) is 7.56. The maximum absolute atomic E-state index is 12.0. The van der Waals surface area contributed by atoms with Gasteiger partial charge in [-0.25, -0.2) is 0 Å². The molecule has 0 saturated carbocycles. The standard InChI is InChI=1S/C11H20BrN3OS/c1-4-9-11(12)10(15(3)14-9)7-17(16)6-8(2)5-13/h8H,4-7,13H2,1-3H3. The van der Waals surface area contributed by atoms with Crippen molar-refractivity contribution >= 4 is 26.7 Å². The molecule has 2 unspecified atom stereocenters. The van der Waals surface area contributed by atoms with Crippen molar-refractivity contribution in [3.63, 3.8) is 0 Å². The molecule has 0 aliphatic rings. The molecule has 0 radical (unpaired) electrons. The number of halogens is 1. The lowest BCUT2D eigenvalue weighted by molar-refractivity contribution is 0.637. The third-order valence-corrected chi connectivity index (χ3v) is 5.13. The van der Waals surface area contributed by atoms with Crippen molar-refractivity contribution in [1.82, 2.24) is 9.78 Å². The number of aryl methyl sites for hydroxylation is 2. The van der Waals surface area contributed by atoms with Crippen LogP contribution in [0.4, 0.5) is 0 Å². The lowest BCUT2D eigenvalue weighted by Gasteiger charge is -2.08. The summed E-state index contributed by atoms with van der Waals surface area (Å²) in [5.74, 6) is 1.48. The number of hydrogen-bond acceptors (Lipinski definition) is 3. The van der Waals surface area contributed by atoms with E-state index in [1.807, 2.05) is 18.7 Å². The molecule has 2 atom stereocenters. The van der Waals surface area contributed by atoms with E-state index < -0.39 is 10.8 Å². The Bertz CT molecular complexity index is 406. The van der Waals surface area contributed by atoms with Gasteiger partial charge in [0, 0.05) is 23.6 Å². The molecule has 1 aromatic rings. The topological polar surface area (TPSA) is 60.9 Å². The molecule has 0 aliphatic heterocycles. The third kappa shape index (κ3) is 3.89. The van der Waals surface area contributed by atoms with Gasteiger partial charge in [0.15, 0.2) is 0 Å². The fourth-order valence-corrected chi connectivity index (χ4v) is 4.04. The average molecular weight is 322 g/mol. The van der Waals surface area contributed by atoms with Crippen LogP contribution in [-0.4, -0.2) is 26.3 Å². The van der Waals surface area contributed by atoms with E-state index in [9.17, 15) is 4.21 Å². The van der Waals surface area contributed by atoms with Crippen LogP contribution in [0, 0.1) is 5.92 Å². The molecule has 2 N–H and O–H groups in total. The van der Waals surface area contributed by atoms with Crippen LogP contribution in [0.3, 0.4) is 0 Å². The molecular weight excluding hydrogens is 302 g/mol. The third-order valence-electron chi connectivity index (χ3n) is 2.67. The zero-order chi connectivity index (χ0) is 13.0. The number of aromatic nitrogens is 2. The smallest absolute Gasteiger partial charge is 0.0767 e. The van der Waals surface area contributed by atoms with Crippen LogP contribution in [0.25, 0.3) is 0 Å². The first-order valence-corrected chi connectivity index (χ1v) is 8.02. The summed E-state index contributed by atoms with van der Waals surface area (Å²) in [5, 5.41) is 4.39. The zero-order valence-electron chi connectivity index (χ0n) is 10.6. The number of nitrogens with zero attached hydrogens (tertiary/aromatic N) is 2. The molecule has 0 fully saturated rings. The van der Waals surface area contributed by atoms with Crippen molar-refractivity contribution in [2.24, 2.45) is 18.7 Å². The van der Waals surface area contributed by atoms with Crippen molar-refractivity contribution in [2.45, 2.75) is 26.0 Å². The molecule has 1 aromatic heterocycles. The van der Waals surface area contributed by atoms with E-state index in [0.29, 0.717) is 24.0 Å². The molecule has 0 bridgehead atoms. The van der Waals surface area contributed by atoms with Crippen LogP contribution in [0.5, 0.6) is 0 Å². The molecule has 98 valence electrons. The van der Waals surface area contributed by atoms with E-state index in [0.717, 1.165) is 22.3 Å². The number of rotatable bonds is 6. The Labute approximate surface area is 114 Å². The molecular formula is C11H20BrN3OS. The van der Waals surface area contributed by atoms with E-state index in [1.54, 1.807) is 0 Å². The normalized spacial score (nSPS) is 14.9. The predicted molar refractivity (Wildman–Crippen MR) is 75.2 cm³/mol. The predicted octanol–water partition coefficient (Wildman–Crippen LogP) is 1.59.